The van der Waals surface area contributed by atoms with Crippen LogP contribution in [-0.2, 0) is 10.9 Å². The molecule has 1 unspecified atom stereocenters. The highest BCUT2D eigenvalue weighted by Gasteiger charge is 2.31. The second kappa shape index (κ2) is 10.7. The van der Waals surface area contributed by atoms with Crippen LogP contribution in [0.15, 0.2) is 75.9 Å². The molecule has 0 saturated carbocycles. The molecular formula is C30H27F3N2O5. The van der Waals surface area contributed by atoms with Gasteiger partial charge in [0.2, 0.25) is 0 Å². The van der Waals surface area contributed by atoms with E-state index in [0.29, 0.717) is 40.2 Å². The number of aromatic carboxylic acids is 1. The summed E-state index contributed by atoms with van der Waals surface area (Å²) in [5, 5.41) is 13.2. The average Bonchev–Trinajstić information content (AvgIpc) is 2.93. The molecule has 5 rings (SSSR count). The predicted molar refractivity (Wildman–Crippen MR) is 145 cm³/mol. The van der Waals surface area contributed by atoms with E-state index in [-0.39, 0.29) is 24.1 Å². The zero-order valence-corrected chi connectivity index (χ0v) is 21.8. The highest BCUT2D eigenvalue weighted by molar-refractivity contribution is 5.94. The van der Waals surface area contributed by atoms with E-state index in [2.05, 4.69) is 5.32 Å². The fourth-order valence-corrected chi connectivity index (χ4v) is 4.94. The molecule has 3 aromatic carbocycles. The van der Waals surface area contributed by atoms with E-state index in [4.69, 9.17) is 9.15 Å². The highest BCUT2D eigenvalue weighted by Crippen LogP contribution is 2.34. The molecule has 0 radical (unpaired) electrons. The molecular weight excluding hydrogens is 525 g/mol. The van der Waals surface area contributed by atoms with Gasteiger partial charge in [-0.1, -0.05) is 30.3 Å². The molecule has 0 spiro atoms. The van der Waals surface area contributed by atoms with Crippen LogP contribution in [0.5, 0.6) is 0 Å². The molecule has 0 aliphatic carbocycles. The first-order valence-corrected chi connectivity index (χ1v) is 12.7. The van der Waals surface area contributed by atoms with Gasteiger partial charge in [-0.05, 0) is 55.3 Å². The molecule has 2 N–H and O–H groups in total. The van der Waals surface area contributed by atoms with Gasteiger partial charge in [-0.2, -0.15) is 13.2 Å². The number of hydrogen-bond donors (Lipinski definition) is 2. The van der Waals surface area contributed by atoms with Crippen molar-refractivity contribution in [1.82, 2.24) is 0 Å². The van der Waals surface area contributed by atoms with Gasteiger partial charge in [-0.3, -0.25) is 4.79 Å². The van der Waals surface area contributed by atoms with Gasteiger partial charge < -0.3 is 24.5 Å². The summed E-state index contributed by atoms with van der Waals surface area (Å²) < 4.78 is 51.1. The van der Waals surface area contributed by atoms with Crippen molar-refractivity contribution in [1.29, 1.82) is 0 Å². The molecule has 208 valence electrons. The lowest BCUT2D eigenvalue weighted by molar-refractivity contribution is -0.137. The smallest absolute Gasteiger partial charge is 0.416 e. The molecule has 1 aliphatic rings. The fraction of sp³-hybridized carbons (Fsp3) is 0.267. The molecule has 7 nitrogen and oxygen atoms in total. The molecule has 0 amide bonds. The third kappa shape index (κ3) is 5.53. The molecule has 40 heavy (non-hydrogen) atoms. The fourth-order valence-electron chi connectivity index (χ4n) is 4.94. The quantitative estimate of drug-likeness (QED) is 0.280. The van der Waals surface area contributed by atoms with Crippen LogP contribution < -0.4 is 15.6 Å². The summed E-state index contributed by atoms with van der Waals surface area (Å²) in [6, 6.07) is 16.1. The van der Waals surface area contributed by atoms with Crippen LogP contribution in [0, 0.1) is 6.92 Å². The van der Waals surface area contributed by atoms with E-state index in [9.17, 15) is 27.9 Å². The van der Waals surface area contributed by atoms with Crippen LogP contribution >= 0.6 is 0 Å². The summed E-state index contributed by atoms with van der Waals surface area (Å²) in [4.78, 5) is 26.8. The minimum Gasteiger partial charge on any atom is -0.478 e. The summed E-state index contributed by atoms with van der Waals surface area (Å²) in [5.41, 5.74) is 2.07. The van der Waals surface area contributed by atoms with Gasteiger partial charge >= 0.3 is 12.1 Å². The van der Waals surface area contributed by atoms with E-state index >= 15 is 0 Å². The summed E-state index contributed by atoms with van der Waals surface area (Å²) in [6.07, 6.45) is -4.94. The molecule has 10 heteroatoms. The van der Waals surface area contributed by atoms with Gasteiger partial charge in [0.15, 0.2) is 11.3 Å². The number of nitrogens with zero attached hydrogens (tertiary/aromatic N) is 1. The number of morpholine rings is 1. The number of rotatable bonds is 6. The number of nitrogens with one attached hydrogen (secondary N) is 1. The number of fused-ring (bicyclic) bond motifs is 1. The Balaban J connectivity index is 1.47. The number of hydrogen-bond acceptors (Lipinski definition) is 6. The minimum atomic E-state index is -4.43. The van der Waals surface area contributed by atoms with Crippen molar-refractivity contribution in [2.24, 2.45) is 0 Å². The Kier molecular flexibility index (Phi) is 7.29. The maximum atomic E-state index is 13.2. The number of alkyl halides is 3. The molecule has 4 aromatic rings. The third-order valence-corrected chi connectivity index (χ3v) is 6.97. The zero-order chi connectivity index (χ0) is 28.6. The number of anilines is 2. The first kappa shape index (κ1) is 27.3. The Morgan fingerprint density at radius 3 is 2.52 bits per heavy atom. The van der Waals surface area contributed by atoms with Crippen molar-refractivity contribution in [2.75, 3.05) is 29.9 Å². The van der Waals surface area contributed by atoms with E-state index in [1.807, 2.05) is 24.8 Å². The summed E-state index contributed by atoms with van der Waals surface area (Å²) in [7, 11) is 0. The SMILES string of the molecule is Cc1cc([C@@H](C)Nc2ccccc2C(=O)O)c2oc(N3CCOC(c4ccc(C(F)(F)F)cc4)C3)cc(=O)c2c1. The summed E-state index contributed by atoms with van der Waals surface area (Å²) in [6.45, 7) is 4.71. The summed E-state index contributed by atoms with van der Waals surface area (Å²) in [5.74, 6) is -0.742. The van der Waals surface area contributed by atoms with E-state index in [0.717, 1.165) is 17.7 Å². The highest BCUT2D eigenvalue weighted by atomic mass is 19.4. The van der Waals surface area contributed by atoms with Crippen LogP contribution in [0.3, 0.4) is 0 Å². The number of aryl methyl sites for hydroxylation is 1. The second-order valence-electron chi connectivity index (χ2n) is 9.82. The van der Waals surface area contributed by atoms with Crippen LogP contribution in [0.25, 0.3) is 11.0 Å². The first-order chi connectivity index (χ1) is 19.0. The number of halogens is 3. The number of benzene rings is 3. The third-order valence-electron chi connectivity index (χ3n) is 6.97. The van der Waals surface area contributed by atoms with Crippen LogP contribution in [0.2, 0.25) is 0 Å². The Morgan fingerprint density at radius 1 is 1.10 bits per heavy atom. The summed E-state index contributed by atoms with van der Waals surface area (Å²) >= 11 is 0. The molecule has 2 heterocycles. The largest absolute Gasteiger partial charge is 0.478 e. The van der Waals surface area contributed by atoms with Crippen LogP contribution in [0.4, 0.5) is 24.7 Å². The van der Waals surface area contributed by atoms with Gasteiger partial charge in [0.1, 0.15) is 11.7 Å². The molecule has 1 aromatic heterocycles. The van der Waals surface area contributed by atoms with Crippen molar-refractivity contribution < 1.29 is 32.2 Å². The first-order valence-electron chi connectivity index (χ1n) is 12.7. The topological polar surface area (TPSA) is 92.0 Å². The van der Waals surface area contributed by atoms with Crippen molar-refractivity contribution >= 4 is 28.5 Å². The number of carboxylic acid groups (broad SMARTS) is 1. The normalized spacial score (nSPS) is 16.6. The van der Waals surface area contributed by atoms with Crippen molar-refractivity contribution in [3.63, 3.8) is 0 Å². The molecule has 1 fully saturated rings. The monoisotopic (exact) mass is 552 g/mol. The molecule has 2 atom stereocenters. The number of carbonyl (C=O) groups is 1. The van der Waals surface area contributed by atoms with Crippen molar-refractivity contribution in [3.05, 3.63) is 105 Å². The van der Waals surface area contributed by atoms with Crippen molar-refractivity contribution in [2.45, 2.75) is 32.2 Å². The Morgan fingerprint density at radius 2 is 1.82 bits per heavy atom. The number of para-hydroxylation sites is 1. The lowest BCUT2D eigenvalue weighted by Crippen LogP contribution is -2.38. The van der Waals surface area contributed by atoms with Gasteiger partial charge in [-0.25, -0.2) is 4.79 Å². The van der Waals surface area contributed by atoms with Gasteiger partial charge in [0.05, 0.1) is 35.7 Å². The van der Waals surface area contributed by atoms with E-state index < -0.39 is 29.9 Å². The average molecular weight is 553 g/mol. The number of ether oxygens (including phenoxy) is 1. The van der Waals surface area contributed by atoms with E-state index in [1.165, 1.54) is 24.3 Å². The maximum absolute atomic E-state index is 13.2. The Hall–Kier alpha value is -4.31. The zero-order valence-electron chi connectivity index (χ0n) is 21.8. The standard InChI is InChI=1S/C30H27F3N2O5/c1-17-13-22(18(2)34-24-6-4-3-5-21(24)29(37)38)28-23(14-17)25(36)15-27(40-28)35-11-12-39-26(16-35)19-7-9-20(10-8-19)30(31,32)33/h3-10,13-15,18,26,34H,11-12,16H2,1-2H3,(H,37,38)/t18-,26?/m1/s1. The molecule has 0 bridgehead atoms. The van der Waals surface area contributed by atoms with Gasteiger partial charge in [0, 0.05) is 23.9 Å². The maximum Gasteiger partial charge on any atom is 0.416 e. The lowest BCUT2D eigenvalue weighted by atomic mass is 10.0. The molecule has 1 aliphatic heterocycles. The second-order valence-corrected chi connectivity index (χ2v) is 9.82. The van der Waals surface area contributed by atoms with Crippen molar-refractivity contribution in [3.8, 4) is 0 Å². The van der Waals surface area contributed by atoms with Crippen LogP contribution in [-0.4, -0.2) is 30.8 Å². The van der Waals surface area contributed by atoms with Gasteiger partial charge in [0.25, 0.3) is 0 Å². The predicted octanol–water partition coefficient (Wildman–Crippen LogP) is 6.57. The number of carboxylic acids is 1. The minimum absolute atomic E-state index is 0.121. The Labute approximate surface area is 227 Å². The lowest BCUT2D eigenvalue weighted by Gasteiger charge is -2.33. The molecule has 1 saturated heterocycles. The Bertz CT molecular complexity index is 1610. The van der Waals surface area contributed by atoms with Crippen LogP contribution in [0.1, 0.15) is 51.7 Å². The van der Waals surface area contributed by atoms with E-state index in [1.54, 1.807) is 24.3 Å². The van der Waals surface area contributed by atoms with Gasteiger partial charge in [-0.15, -0.1) is 0 Å².